The molecular formula is C13H16ClN3O2S. The summed E-state index contributed by atoms with van der Waals surface area (Å²) in [6.07, 6.45) is 2.79. The molecule has 1 aliphatic rings. The molecule has 0 amide bonds. The Hall–Kier alpha value is -1.29. The maximum Gasteiger partial charge on any atom is 0.209 e. The molecule has 0 unspecified atom stereocenters. The van der Waals surface area contributed by atoms with Crippen LogP contribution in [0.25, 0.3) is 0 Å². The fraction of sp³-hybridized carbons (Fsp3) is 0.462. The SMILES string of the molecule is CS(=O)(=O)N[C@@H]1CCCN(c2c(Cl)cccc2C#N)C1. The number of nitrogens with zero attached hydrogens (tertiary/aromatic N) is 2. The lowest BCUT2D eigenvalue weighted by Gasteiger charge is -2.35. The second-order valence-electron chi connectivity index (χ2n) is 4.92. The van der Waals surface area contributed by atoms with Crippen LogP contribution in [0.1, 0.15) is 18.4 Å². The minimum absolute atomic E-state index is 0.151. The van der Waals surface area contributed by atoms with E-state index in [1.54, 1.807) is 18.2 Å². The quantitative estimate of drug-likeness (QED) is 0.922. The molecule has 5 nitrogen and oxygen atoms in total. The number of benzene rings is 1. The van der Waals surface area contributed by atoms with Crippen LogP contribution in [-0.4, -0.2) is 33.8 Å². The van der Waals surface area contributed by atoms with Crippen LogP contribution < -0.4 is 9.62 Å². The molecule has 108 valence electrons. The van der Waals surface area contributed by atoms with Crippen LogP contribution in [0.4, 0.5) is 5.69 Å². The maximum atomic E-state index is 11.3. The van der Waals surface area contributed by atoms with Gasteiger partial charge in [0, 0.05) is 19.1 Å². The largest absolute Gasteiger partial charge is 0.368 e. The minimum atomic E-state index is -3.23. The molecule has 1 heterocycles. The highest BCUT2D eigenvalue weighted by molar-refractivity contribution is 7.88. The zero-order chi connectivity index (χ0) is 14.8. The number of hydrogen-bond donors (Lipinski definition) is 1. The van der Waals surface area contributed by atoms with Crippen molar-refractivity contribution in [3.8, 4) is 6.07 Å². The van der Waals surface area contributed by atoms with Gasteiger partial charge in [0.2, 0.25) is 10.0 Å². The molecule has 1 aromatic rings. The zero-order valence-corrected chi connectivity index (χ0v) is 12.7. The van der Waals surface area contributed by atoms with Crippen molar-refractivity contribution in [2.45, 2.75) is 18.9 Å². The van der Waals surface area contributed by atoms with E-state index in [4.69, 9.17) is 11.6 Å². The second-order valence-corrected chi connectivity index (χ2v) is 7.11. The Balaban J connectivity index is 2.24. The van der Waals surface area contributed by atoms with Crippen LogP contribution in [0.3, 0.4) is 0 Å². The van der Waals surface area contributed by atoms with Gasteiger partial charge in [0.1, 0.15) is 6.07 Å². The highest BCUT2D eigenvalue weighted by atomic mass is 35.5. The normalized spacial score (nSPS) is 19.6. The Kier molecular flexibility index (Phi) is 4.53. The lowest BCUT2D eigenvalue weighted by molar-refractivity contribution is 0.467. The summed E-state index contributed by atoms with van der Waals surface area (Å²) < 4.78 is 25.3. The number of piperidine rings is 1. The Labute approximate surface area is 124 Å². The van der Waals surface area contributed by atoms with Gasteiger partial charge in [-0.25, -0.2) is 13.1 Å². The van der Waals surface area contributed by atoms with E-state index in [9.17, 15) is 13.7 Å². The number of hydrogen-bond acceptors (Lipinski definition) is 4. The highest BCUT2D eigenvalue weighted by Gasteiger charge is 2.25. The zero-order valence-electron chi connectivity index (χ0n) is 11.1. The Bertz CT molecular complexity index is 640. The van der Waals surface area contributed by atoms with Crippen molar-refractivity contribution in [3.05, 3.63) is 28.8 Å². The first-order chi connectivity index (χ1) is 9.40. The van der Waals surface area contributed by atoms with Crippen LogP contribution in [0.2, 0.25) is 5.02 Å². The molecule has 0 aliphatic carbocycles. The van der Waals surface area contributed by atoms with Gasteiger partial charge in [-0.3, -0.25) is 0 Å². The highest BCUT2D eigenvalue weighted by Crippen LogP contribution is 2.31. The molecule has 7 heteroatoms. The first-order valence-electron chi connectivity index (χ1n) is 6.31. The molecule has 1 aliphatic heterocycles. The van der Waals surface area contributed by atoms with Crippen molar-refractivity contribution in [1.29, 1.82) is 5.26 Å². The predicted molar refractivity (Wildman–Crippen MR) is 79.4 cm³/mol. The average molecular weight is 314 g/mol. The molecule has 1 atom stereocenters. The minimum Gasteiger partial charge on any atom is -0.368 e. The van der Waals surface area contributed by atoms with Gasteiger partial charge in [0.15, 0.2) is 0 Å². The maximum absolute atomic E-state index is 11.3. The van der Waals surface area contributed by atoms with E-state index in [2.05, 4.69) is 10.8 Å². The molecule has 1 saturated heterocycles. The second kappa shape index (κ2) is 6.00. The first-order valence-corrected chi connectivity index (χ1v) is 8.58. The molecule has 1 fully saturated rings. The lowest BCUT2D eigenvalue weighted by Crippen LogP contribution is -2.47. The van der Waals surface area contributed by atoms with Gasteiger partial charge in [-0.05, 0) is 25.0 Å². The van der Waals surface area contributed by atoms with Crippen molar-refractivity contribution < 1.29 is 8.42 Å². The van der Waals surface area contributed by atoms with E-state index in [-0.39, 0.29) is 6.04 Å². The Morgan fingerprint density at radius 2 is 2.25 bits per heavy atom. The van der Waals surface area contributed by atoms with E-state index in [0.29, 0.717) is 22.8 Å². The van der Waals surface area contributed by atoms with Gasteiger partial charge >= 0.3 is 0 Å². The van der Waals surface area contributed by atoms with E-state index >= 15 is 0 Å². The number of nitrogens with one attached hydrogen (secondary N) is 1. The van der Waals surface area contributed by atoms with Crippen molar-refractivity contribution in [2.24, 2.45) is 0 Å². The number of rotatable bonds is 3. The van der Waals surface area contributed by atoms with Gasteiger partial charge in [-0.2, -0.15) is 5.26 Å². The number of sulfonamides is 1. The molecule has 0 spiro atoms. The van der Waals surface area contributed by atoms with E-state index < -0.39 is 10.0 Å². The van der Waals surface area contributed by atoms with Crippen LogP contribution in [0.15, 0.2) is 18.2 Å². The molecule has 0 bridgehead atoms. The summed E-state index contributed by atoms with van der Waals surface area (Å²) in [4.78, 5) is 1.98. The third kappa shape index (κ3) is 3.63. The fourth-order valence-electron chi connectivity index (χ4n) is 2.51. The van der Waals surface area contributed by atoms with Crippen LogP contribution >= 0.6 is 11.6 Å². The van der Waals surface area contributed by atoms with E-state index in [1.807, 2.05) is 4.90 Å². The Morgan fingerprint density at radius 1 is 1.50 bits per heavy atom. The monoisotopic (exact) mass is 313 g/mol. The molecule has 0 saturated carbocycles. The third-order valence-electron chi connectivity index (χ3n) is 3.23. The van der Waals surface area contributed by atoms with Gasteiger partial charge in [0.05, 0.1) is 22.5 Å². The Morgan fingerprint density at radius 3 is 2.90 bits per heavy atom. The number of anilines is 1. The summed E-state index contributed by atoms with van der Waals surface area (Å²) >= 11 is 6.19. The van der Waals surface area contributed by atoms with E-state index in [1.165, 1.54) is 0 Å². The fourth-order valence-corrected chi connectivity index (χ4v) is 3.60. The molecule has 2 rings (SSSR count). The summed E-state index contributed by atoms with van der Waals surface area (Å²) in [7, 11) is -3.23. The summed E-state index contributed by atoms with van der Waals surface area (Å²) in [5, 5.41) is 9.70. The summed E-state index contributed by atoms with van der Waals surface area (Å²) in [5.74, 6) is 0. The summed E-state index contributed by atoms with van der Waals surface area (Å²) in [6.45, 7) is 1.28. The molecule has 1 N–H and O–H groups in total. The van der Waals surface area contributed by atoms with Crippen molar-refractivity contribution in [2.75, 3.05) is 24.2 Å². The topological polar surface area (TPSA) is 73.2 Å². The van der Waals surface area contributed by atoms with E-state index in [0.717, 1.165) is 25.6 Å². The summed E-state index contributed by atoms with van der Waals surface area (Å²) in [6, 6.07) is 7.18. The van der Waals surface area contributed by atoms with Gasteiger partial charge in [-0.1, -0.05) is 17.7 Å². The van der Waals surface area contributed by atoms with Gasteiger partial charge < -0.3 is 4.90 Å². The number of para-hydroxylation sites is 1. The lowest BCUT2D eigenvalue weighted by atomic mass is 10.0. The van der Waals surface area contributed by atoms with Gasteiger partial charge in [-0.15, -0.1) is 0 Å². The van der Waals surface area contributed by atoms with Gasteiger partial charge in [0.25, 0.3) is 0 Å². The molecule has 20 heavy (non-hydrogen) atoms. The van der Waals surface area contributed by atoms with Crippen LogP contribution in [0.5, 0.6) is 0 Å². The van der Waals surface area contributed by atoms with Crippen molar-refractivity contribution in [1.82, 2.24) is 4.72 Å². The average Bonchev–Trinajstić information content (AvgIpc) is 2.36. The van der Waals surface area contributed by atoms with Crippen molar-refractivity contribution >= 4 is 27.3 Å². The van der Waals surface area contributed by atoms with Crippen LogP contribution in [-0.2, 0) is 10.0 Å². The molecular weight excluding hydrogens is 298 g/mol. The standard InChI is InChI=1S/C13H16ClN3O2S/c1-20(18,19)16-11-5-3-7-17(9-11)13-10(8-15)4-2-6-12(13)14/h2,4,6,11,16H,3,5,7,9H2,1H3/t11-/m1/s1. The number of nitriles is 1. The summed E-state index contributed by atoms with van der Waals surface area (Å²) in [5.41, 5.74) is 1.20. The smallest absolute Gasteiger partial charge is 0.209 e. The molecule has 0 aromatic heterocycles. The first kappa shape index (κ1) is 15.1. The van der Waals surface area contributed by atoms with Crippen molar-refractivity contribution in [3.63, 3.8) is 0 Å². The predicted octanol–water partition coefficient (Wildman–Crippen LogP) is 1.73. The number of halogens is 1. The molecule has 1 aromatic carbocycles. The van der Waals surface area contributed by atoms with Crippen LogP contribution in [0, 0.1) is 11.3 Å². The molecule has 0 radical (unpaired) electrons. The third-order valence-corrected chi connectivity index (χ3v) is 4.29.